The highest BCUT2D eigenvalue weighted by atomic mass is 35.5. The van der Waals surface area contributed by atoms with Gasteiger partial charge in [0.1, 0.15) is 17.4 Å². The van der Waals surface area contributed by atoms with Crippen LogP contribution in [0.15, 0.2) is 74.0 Å². The van der Waals surface area contributed by atoms with Gasteiger partial charge in [-0.25, -0.2) is 0 Å². The van der Waals surface area contributed by atoms with Crippen molar-refractivity contribution in [1.29, 1.82) is 0 Å². The average molecular weight is 325 g/mol. The number of para-hydroxylation sites is 1. The third-order valence-electron chi connectivity index (χ3n) is 4.11. The Kier molecular flexibility index (Phi) is 3.46. The van der Waals surface area contributed by atoms with Crippen LogP contribution in [0.5, 0.6) is 0 Å². The maximum absolute atomic E-state index is 12.3. The monoisotopic (exact) mass is 324 g/mol. The van der Waals surface area contributed by atoms with Crippen LogP contribution in [0.3, 0.4) is 0 Å². The first-order valence-corrected chi connectivity index (χ1v) is 7.75. The van der Waals surface area contributed by atoms with Gasteiger partial charge in [0.25, 0.3) is 0 Å². The molecule has 3 aromatic rings. The van der Waals surface area contributed by atoms with Gasteiger partial charge >= 0.3 is 0 Å². The van der Waals surface area contributed by atoms with Gasteiger partial charge in [0.2, 0.25) is 0 Å². The zero-order valence-corrected chi connectivity index (χ0v) is 12.9. The Bertz CT molecular complexity index is 947. The summed E-state index contributed by atoms with van der Waals surface area (Å²) in [4.78, 5) is 12.3. The highest BCUT2D eigenvalue weighted by molar-refractivity contribution is 6.30. The van der Waals surface area contributed by atoms with Crippen LogP contribution in [0, 0.1) is 0 Å². The molecule has 1 aromatic heterocycles. The second-order valence-corrected chi connectivity index (χ2v) is 5.99. The van der Waals surface area contributed by atoms with Gasteiger partial charge in [-0.3, -0.25) is 4.79 Å². The molecule has 5 heteroatoms. The van der Waals surface area contributed by atoms with E-state index in [0.717, 1.165) is 5.56 Å². The molecule has 4 nitrogen and oxygen atoms in total. The Labute approximate surface area is 137 Å². The standard InChI is InChI=1S/C18H13ClN2O2/c19-12-7-5-11(6-8-12)14-10-20-21-18(14)17-9-15(22)13-3-1-2-4-16(13)23-17/h1-9,14,18H,10H2. The molecule has 2 unspecified atom stereocenters. The zero-order valence-electron chi connectivity index (χ0n) is 12.1. The Morgan fingerprint density at radius 2 is 1.87 bits per heavy atom. The van der Waals surface area contributed by atoms with E-state index in [-0.39, 0.29) is 17.4 Å². The molecule has 0 radical (unpaired) electrons. The van der Waals surface area contributed by atoms with E-state index in [4.69, 9.17) is 16.0 Å². The number of azo groups is 1. The predicted octanol–water partition coefficient (Wildman–Crippen LogP) is 4.74. The number of nitrogens with zero attached hydrogens (tertiary/aromatic N) is 2. The van der Waals surface area contributed by atoms with Crippen LogP contribution in [0.2, 0.25) is 5.02 Å². The van der Waals surface area contributed by atoms with Gasteiger partial charge in [-0.15, -0.1) is 0 Å². The van der Waals surface area contributed by atoms with Crippen molar-refractivity contribution in [3.05, 3.63) is 81.2 Å². The molecule has 23 heavy (non-hydrogen) atoms. The Balaban J connectivity index is 1.78. The molecule has 0 fully saturated rings. The minimum absolute atomic E-state index is 0.0524. The fourth-order valence-corrected chi connectivity index (χ4v) is 3.05. The molecule has 114 valence electrons. The van der Waals surface area contributed by atoms with Crippen molar-refractivity contribution >= 4 is 22.6 Å². The van der Waals surface area contributed by atoms with E-state index in [2.05, 4.69) is 10.2 Å². The van der Waals surface area contributed by atoms with Crippen LogP contribution in [0.25, 0.3) is 11.0 Å². The van der Waals surface area contributed by atoms with Crippen LogP contribution in [0.1, 0.15) is 23.3 Å². The molecule has 0 spiro atoms. The minimum atomic E-state index is -0.284. The van der Waals surface area contributed by atoms with Crippen LogP contribution < -0.4 is 5.43 Å². The molecule has 0 amide bonds. The quantitative estimate of drug-likeness (QED) is 0.683. The van der Waals surface area contributed by atoms with E-state index in [9.17, 15) is 4.79 Å². The number of hydrogen-bond donors (Lipinski definition) is 0. The summed E-state index contributed by atoms with van der Waals surface area (Å²) < 4.78 is 5.92. The maximum atomic E-state index is 12.3. The van der Waals surface area contributed by atoms with Crippen molar-refractivity contribution in [3.8, 4) is 0 Å². The molecule has 0 aliphatic carbocycles. The molecule has 1 aliphatic rings. The summed E-state index contributed by atoms with van der Waals surface area (Å²) in [6.07, 6.45) is 0. The van der Waals surface area contributed by atoms with E-state index in [0.29, 0.717) is 28.3 Å². The summed E-state index contributed by atoms with van der Waals surface area (Å²) in [6, 6.07) is 16.1. The first-order valence-electron chi connectivity index (χ1n) is 7.37. The first kappa shape index (κ1) is 14.2. The summed E-state index contributed by atoms with van der Waals surface area (Å²) in [5.74, 6) is 0.603. The van der Waals surface area contributed by atoms with Gasteiger partial charge in [0, 0.05) is 17.0 Å². The van der Waals surface area contributed by atoms with Crippen LogP contribution >= 0.6 is 11.6 Å². The molecule has 0 bridgehead atoms. The Hall–Kier alpha value is -2.46. The topological polar surface area (TPSA) is 54.9 Å². The molecule has 0 saturated carbocycles. The lowest BCUT2D eigenvalue weighted by atomic mass is 9.91. The third kappa shape index (κ3) is 2.55. The first-order chi connectivity index (χ1) is 11.2. The Morgan fingerprint density at radius 1 is 1.09 bits per heavy atom. The zero-order chi connectivity index (χ0) is 15.8. The van der Waals surface area contributed by atoms with Crippen molar-refractivity contribution < 1.29 is 4.42 Å². The van der Waals surface area contributed by atoms with Crippen molar-refractivity contribution in [2.24, 2.45) is 10.2 Å². The van der Waals surface area contributed by atoms with Crippen LogP contribution in [0.4, 0.5) is 0 Å². The van der Waals surface area contributed by atoms with E-state index in [1.807, 2.05) is 36.4 Å². The van der Waals surface area contributed by atoms with Gasteiger partial charge in [0.15, 0.2) is 5.43 Å². The highest BCUT2D eigenvalue weighted by Crippen LogP contribution is 2.39. The van der Waals surface area contributed by atoms with Crippen molar-refractivity contribution in [2.45, 2.75) is 12.0 Å². The number of fused-ring (bicyclic) bond motifs is 1. The Morgan fingerprint density at radius 3 is 2.70 bits per heavy atom. The summed E-state index contributed by atoms with van der Waals surface area (Å²) in [5, 5.41) is 9.72. The number of benzene rings is 2. The second kappa shape index (κ2) is 5.63. The molecule has 2 aromatic carbocycles. The third-order valence-corrected chi connectivity index (χ3v) is 4.36. The number of hydrogen-bond acceptors (Lipinski definition) is 4. The molecule has 0 N–H and O–H groups in total. The van der Waals surface area contributed by atoms with Gasteiger partial charge in [-0.1, -0.05) is 35.9 Å². The highest BCUT2D eigenvalue weighted by Gasteiger charge is 2.31. The molecule has 2 heterocycles. The summed E-state index contributed by atoms with van der Waals surface area (Å²) in [7, 11) is 0. The molecule has 4 rings (SSSR count). The predicted molar refractivity (Wildman–Crippen MR) is 89.1 cm³/mol. The lowest BCUT2D eigenvalue weighted by molar-refractivity contribution is 0.463. The summed E-state index contributed by atoms with van der Waals surface area (Å²) >= 11 is 5.95. The van der Waals surface area contributed by atoms with Crippen LogP contribution in [-0.4, -0.2) is 6.54 Å². The number of rotatable bonds is 2. The van der Waals surface area contributed by atoms with E-state index < -0.39 is 0 Å². The lowest BCUT2D eigenvalue weighted by Crippen LogP contribution is -2.11. The molecular formula is C18H13ClN2O2. The largest absolute Gasteiger partial charge is 0.458 e. The van der Waals surface area contributed by atoms with E-state index in [1.165, 1.54) is 6.07 Å². The van der Waals surface area contributed by atoms with Crippen molar-refractivity contribution in [3.63, 3.8) is 0 Å². The molecule has 2 atom stereocenters. The normalized spacial score (nSPS) is 20.2. The van der Waals surface area contributed by atoms with Crippen molar-refractivity contribution in [1.82, 2.24) is 0 Å². The summed E-state index contributed by atoms with van der Waals surface area (Å²) in [5.41, 5.74) is 1.60. The average Bonchev–Trinajstić information content (AvgIpc) is 3.05. The fraction of sp³-hybridized carbons (Fsp3) is 0.167. The molecule has 0 saturated heterocycles. The maximum Gasteiger partial charge on any atom is 0.193 e. The SMILES string of the molecule is O=c1cc(C2N=NCC2c2ccc(Cl)cc2)oc2ccccc12. The van der Waals surface area contributed by atoms with Gasteiger partial charge in [0.05, 0.1) is 11.9 Å². The number of halogens is 1. The van der Waals surface area contributed by atoms with Gasteiger partial charge < -0.3 is 4.42 Å². The van der Waals surface area contributed by atoms with E-state index >= 15 is 0 Å². The lowest BCUT2D eigenvalue weighted by Gasteiger charge is -2.16. The van der Waals surface area contributed by atoms with E-state index in [1.54, 1.807) is 12.1 Å². The fourth-order valence-electron chi connectivity index (χ4n) is 2.92. The van der Waals surface area contributed by atoms with Gasteiger partial charge in [-0.2, -0.15) is 10.2 Å². The smallest absolute Gasteiger partial charge is 0.193 e. The minimum Gasteiger partial charge on any atom is -0.458 e. The molecular weight excluding hydrogens is 312 g/mol. The summed E-state index contributed by atoms with van der Waals surface area (Å²) in [6.45, 7) is 0.572. The molecule has 1 aliphatic heterocycles. The van der Waals surface area contributed by atoms with Crippen molar-refractivity contribution in [2.75, 3.05) is 6.54 Å². The second-order valence-electron chi connectivity index (χ2n) is 5.55. The van der Waals surface area contributed by atoms with Crippen LogP contribution in [-0.2, 0) is 0 Å². The van der Waals surface area contributed by atoms with Gasteiger partial charge in [-0.05, 0) is 29.8 Å².